The molecule has 1 saturated heterocycles. The molecular weight excluding hydrogens is 500 g/mol. The fourth-order valence-electron chi connectivity index (χ4n) is 4.52. The van der Waals surface area contributed by atoms with Crippen LogP contribution in [0.5, 0.6) is 0 Å². The molecule has 2 heterocycles. The molecule has 1 aromatic rings. The zero-order chi connectivity index (χ0) is 28.1. The number of Topliss-reactive ketones (excluding diaryl/α,β-unsaturated/α-hetero) is 1. The summed E-state index contributed by atoms with van der Waals surface area (Å²) >= 11 is 1.39. The molecule has 1 fully saturated rings. The van der Waals surface area contributed by atoms with Gasteiger partial charge in [-0.15, -0.1) is 11.3 Å². The van der Waals surface area contributed by atoms with Gasteiger partial charge in [-0.3, -0.25) is 9.59 Å². The van der Waals surface area contributed by atoms with Gasteiger partial charge in [-0.2, -0.15) is 0 Å². The molecule has 0 aromatic carbocycles. The summed E-state index contributed by atoms with van der Waals surface area (Å²) in [5.74, 6) is -2.71. The fraction of sp³-hybridized carbons (Fsp3) is 0.731. The first-order valence-corrected chi connectivity index (χ1v) is 13.5. The van der Waals surface area contributed by atoms with Gasteiger partial charge in [0.25, 0.3) is 0 Å². The number of ketones is 1. The molecule has 0 amide bonds. The lowest BCUT2D eigenvalue weighted by molar-refractivity contribution is -0.148. The van der Waals surface area contributed by atoms with E-state index in [1.54, 1.807) is 0 Å². The number of carboxylic acids is 1. The average molecular weight is 543 g/mol. The van der Waals surface area contributed by atoms with Crippen LogP contribution >= 0.6 is 11.3 Å². The van der Waals surface area contributed by atoms with Crippen molar-refractivity contribution in [2.75, 3.05) is 0 Å². The second-order valence-corrected chi connectivity index (χ2v) is 11.9. The highest BCUT2D eigenvalue weighted by molar-refractivity contribution is 7.09. The summed E-state index contributed by atoms with van der Waals surface area (Å²) in [6, 6.07) is -0.217. The summed E-state index contributed by atoms with van der Waals surface area (Å²) in [5.41, 5.74) is 6.32. The molecule has 1 aromatic heterocycles. The van der Waals surface area contributed by atoms with Crippen LogP contribution in [0.4, 0.5) is 0 Å². The molecule has 210 valence electrons. The summed E-state index contributed by atoms with van der Waals surface area (Å²) in [6.07, 6.45) is -0.526. The number of ether oxygens (including phenoxy) is 1. The quantitative estimate of drug-likeness (QED) is 0.168. The second-order valence-electron chi connectivity index (χ2n) is 10.9. The number of carbonyl (C=O) groups is 2. The maximum atomic E-state index is 12.8. The zero-order valence-electron chi connectivity index (χ0n) is 22.3. The van der Waals surface area contributed by atoms with Crippen molar-refractivity contribution in [2.24, 2.45) is 17.1 Å². The summed E-state index contributed by atoms with van der Waals surface area (Å²) < 4.78 is 5.90. The predicted octanol–water partition coefficient (Wildman–Crippen LogP) is 1.87. The topological polar surface area (TPSA) is 187 Å². The number of carboxylic acid groups (broad SMARTS) is 1. The van der Waals surface area contributed by atoms with Crippen LogP contribution in [0.3, 0.4) is 0 Å². The molecule has 10 nitrogen and oxygen atoms in total. The maximum Gasteiger partial charge on any atom is 0.306 e. The van der Waals surface area contributed by atoms with Crippen molar-refractivity contribution < 1.29 is 39.9 Å². The number of nitrogens with two attached hydrogens (primary N) is 1. The molecule has 0 radical (unpaired) electrons. The fourth-order valence-corrected chi connectivity index (χ4v) is 5.13. The van der Waals surface area contributed by atoms with Crippen molar-refractivity contribution in [3.8, 4) is 0 Å². The van der Waals surface area contributed by atoms with Crippen molar-refractivity contribution in [3.05, 3.63) is 21.7 Å². The zero-order valence-corrected chi connectivity index (χ0v) is 23.1. The highest BCUT2D eigenvalue weighted by atomic mass is 32.1. The Morgan fingerprint density at radius 1 is 1.32 bits per heavy atom. The van der Waals surface area contributed by atoms with Crippen molar-refractivity contribution in [2.45, 2.75) is 109 Å². The summed E-state index contributed by atoms with van der Waals surface area (Å²) in [6.45, 7) is 8.18. The molecule has 0 saturated carbocycles. The van der Waals surface area contributed by atoms with Crippen molar-refractivity contribution in [1.82, 2.24) is 4.98 Å². The predicted molar refractivity (Wildman–Crippen MR) is 140 cm³/mol. The van der Waals surface area contributed by atoms with Crippen LogP contribution in [0.25, 0.3) is 6.08 Å². The van der Waals surface area contributed by atoms with E-state index in [2.05, 4.69) is 4.98 Å². The average Bonchev–Trinajstić information content (AvgIpc) is 3.23. The van der Waals surface area contributed by atoms with Gasteiger partial charge in [-0.1, -0.05) is 26.3 Å². The third-order valence-electron chi connectivity index (χ3n) is 7.50. The number of aliphatic hydroxyl groups excluding tert-OH is 4. The first-order valence-electron chi connectivity index (χ1n) is 12.6. The maximum absolute atomic E-state index is 12.8. The van der Waals surface area contributed by atoms with E-state index in [4.69, 9.17) is 20.7 Å². The normalized spacial score (nSPS) is 24.3. The second kappa shape index (κ2) is 12.9. The Morgan fingerprint density at radius 3 is 2.54 bits per heavy atom. The van der Waals surface area contributed by atoms with Crippen molar-refractivity contribution in [1.29, 1.82) is 0 Å². The minimum Gasteiger partial charge on any atom is -0.481 e. The van der Waals surface area contributed by atoms with Gasteiger partial charge in [0.1, 0.15) is 10.8 Å². The Morgan fingerprint density at radius 2 is 1.97 bits per heavy atom. The molecule has 2 rings (SSSR count). The number of aliphatic hydroxyl groups is 4. The van der Waals surface area contributed by atoms with Gasteiger partial charge in [0, 0.05) is 17.3 Å². The van der Waals surface area contributed by atoms with Crippen LogP contribution in [-0.4, -0.2) is 78.3 Å². The number of nitrogens with zero attached hydrogens (tertiary/aromatic N) is 1. The van der Waals surface area contributed by atoms with Crippen LogP contribution in [0.15, 0.2) is 11.0 Å². The first-order chi connectivity index (χ1) is 17.1. The Kier molecular flexibility index (Phi) is 11.0. The Hall–Kier alpha value is -1.73. The molecule has 0 bridgehead atoms. The van der Waals surface area contributed by atoms with Crippen LogP contribution in [0.2, 0.25) is 0 Å². The van der Waals surface area contributed by atoms with Crippen molar-refractivity contribution in [3.63, 3.8) is 0 Å². The van der Waals surface area contributed by atoms with Crippen LogP contribution < -0.4 is 5.73 Å². The SMILES string of the molecule is C/C(=C\c1csc(CO)n1)C(N)C[C@@H]1O[C@]1(C)CCCC(O)[C@H](O)[C@@H](C)C(=O)C(C)(C)[C@@H](O)CC(=O)O. The first kappa shape index (κ1) is 31.5. The van der Waals surface area contributed by atoms with E-state index in [0.717, 1.165) is 11.3 Å². The van der Waals surface area contributed by atoms with Crippen LogP contribution in [0, 0.1) is 11.3 Å². The van der Waals surface area contributed by atoms with Gasteiger partial charge in [-0.05, 0) is 45.6 Å². The van der Waals surface area contributed by atoms with Gasteiger partial charge in [-0.25, -0.2) is 4.98 Å². The number of epoxide rings is 1. The van der Waals surface area contributed by atoms with Gasteiger partial charge in [0.2, 0.25) is 0 Å². The molecule has 1 aliphatic rings. The molecule has 37 heavy (non-hydrogen) atoms. The third-order valence-corrected chi connectivity index (χ3v) is 8.35. The molecule has 7 atom stereocenters. The highest BCUT2D eigenvalue weighted by Gasteiger charge is 2.52. The Balaban J connectivity index is 1.81. The number of aromatic nitrogens is 1. The van der Waals surface area contributed by atoms with Gasteiger partial charge >= 0.3 is 5.97 Å². The van der Waals surface area contributed by atoms with E-state index in [1.807, 2.05) is 25.3 Å². The molecule has 0 aliphatic carbocycles. The lowest BCUT2D eigenvalue weighted by Crippen LogP contribution is -2.46. The lowest BCUT2D eigenvalue weighted by atomic mass is 9.74. The Labute approximate surface area is 222 Å². The van der Waals surface area contributed by atoms with E-state index >= 15 is 0 Å². The number of hydrogen-bond acceptors (Lipinski definition) is 10. The summed E-state index contributed by atoms with van der Waals surface area (Å²) in [5, 5.41) is 51.8. The van der Waals surface area contributed by atoms with E-state index in [0.29, 0.717) is 24.3 Å². The number of aliphatic carboxylic acids is 1. The van der Waals surface area contributed by atoms with Crippen LogP contribution in [0.1, 0.15) is 77.4 Å². The van der Waals surface area contributed by atoms with Crippen LogP contribution in [-0.2, 0) is 20.9 Å². The van der Waals surface area contributed by atoms with Crippen molar-refractivity contribution >= 4 is 29.2 Å². The molecule has 11 heteroatoms. The number of thiazole rings is 1. The minimum atomic E-state index is -1.41. The van der Waals surface area contributed by atoms with E-state index < -0.39 is 47.8 Å². The smallest absolute Gasteiger partial charge is 0.306 e. The summed E-state index contributed by atoms with van der Waals surface area (Å²) in [7, 11) is 0. The molecular formula is C26H42N2O8S. The van der Waals surface area contributed by atoms with Gasteiger partial charge < -0.3 is 36.0 Å². The monoisotopic (exact) mass is 542 g/mol. The number of rotatable bonds is 16. The van der Waals surface area contributed by atoms with Gasteiger partial charge in [0.15, 0.2) is 0 Å². The molecule has 0 spiro atoms. The summed E-state index contributed by atoms with van der Waals surface area (Å²) in [4.78, 5) is 28.0. The Bertz CT molecular complexity index is 964. The minimum absolute atomic E-state index is 0.0339. The van der Waals surface area contributed by atoms with E-state index in [-0.39, 0.29) is 30.8 Å². The number of carbonyl (C=O) groups excluding carboxylic acids is 1. The number of hydrogen-bond donors (Lipinski definition) is 6. The van der Waals surface area contributed by atoms with E-state index in [9.17, 15) is 24.9 Å². The third kappa shape index (κ3) is 8.38. The van der Waals surface area contributed by atoms with E-state index in [1.165, 1.54) is 32.1 Å². The molecule has 2 unspecified atom stereocenters. The molecule has 7 N–H and O–H groups in total. The highest BCUT2D eigenvalue weighted by Crippen LogP contribution is 2.44. The largest absolute Gasteiger partial charge is 0.481 e. The lowest BCUT2D eigenvalue weighted by Gasteiger charge is -2.33. The standard InChI is InChI=1S/C26H42N2O8S/c1-14(9-16-13-37-21(12-29)28-16)17(27)10-20-26(5,36-20)8-6-7-18(30)23(34)15(2)24(35)25(3,4)19(31)11-22(32)33/h9,13,15,17-20,23,29-31,34H,6-8,10-12,27H2,1-5H3,(H,32,33)/b14-9+/t15-,17?,18?,19+,20+,23-,26-/m1/s1. The molecule has 1 aliphatic heterocycles. The van der Waals surface area contributed by atoms with Gasteiger partial charge in [0.05, 0.1) is 54.2 Å².